The number of hydrogen-bond donors (Lipinski definition) is 3. The second-order valence-electron chi connectivity index (χ2n) is 4.24. The summed E-state index contributed by atoms with van der Waals surface area (Å²) >= 11 is 0. The molecule has 16 heavy (non-hydrogen) atoms. The van der Waals surface area contributed by atoms with E-state index in [1.165, 1.54) is 4.68 Å². The summed E-state index contributed by atoms with van der Waals surface area (Å²) in [6.45, 7) is 1.78. The van der Waals surface area contributed by atoms with Crippen molar-refractivity contribution in [3.05, 3.63) is 24.3 Å². The van der Waals surface area contributed by atoms with Gasteiger partial charge in [0.25, 0.3) is 0 Å². The van der Waals surface area contributed by atoms with Crippen molar-refractivity contribution in [2.24, 2.45) is 5.92 Å². The van der Waals surface area contributed by atoms with Gasteiger partial charge in [-0.1, -0.05) is 6.08 Å². The normalized spacial score (nSPS) is 24.8. The molecule has 0 radical (unpaired) electrons. The molecule has 0 aromatic carbocycles. The van der Waals surface area contributed by atoms with Gasteiger partial charge in [0.05, 0.1) is 6.10 Å². The van der Waals surface area contributed by atoms with Gasteiger partial charge in [0.1, 0.15) is 5.82 Å². The van der Waals surface area contributed by atoms with Crippen LogP contribution in [0, 0.1) is 5.92 Å². The van der Waals surface area contributed by atoms with Crippen molar-refractivity contribution in [1.82, 2.24) is 15.0 Å². The van der Waals surface area contributed by atoms with Gasteiger partial charge >= 0.3 is 0 Å². The molecular formula is C11H18N4O. The number of hydrogen-bond acceptors (Lipinski definition) is 4. The molecule has 4 N–H and O–H groups in total. The molecule has 1 aliphatic rings. The third kappa shape index (κ3) is 2.84. The van der Waals surface area contributed by atoms with Crippen molar-refractivity contribution in [2.75, 3.05) is 18.9 Å². The molecule has 2 rings (SSSR count). The van der Waals surface area contributed by atoms with Crippen LogP contribution in [0.2, 0.25) is 0 Å². The van der Waals surface area contributed by atoms with E-state index >= 15 is 0 Å². The fraction of sp³-hybridized carbons (Fsp3) is 0.545. The maximum Gasteiger partial charge on any atom is 0.150 e. The number of rotatable bonds is 5. The smallest absolute Gasteiger partial charge is 0.150 e. The minimum atomic E-state index is -0.0629. The van der Waals surface area contributed by atoms with Crippen LogP contribution in [0.15, 0.2) is 18.5 Å². The summed E-state index contributed by atoms with van der Waals surface area (Å²) in [6.07, 6.45) is 9.08. The Morgan fingerprint density at radius 3 is 3.06 bits per heavy atom. The number of imidazole rings is 1. The van der Waals surface area contributed by atoms with Crippen LogP contribution in [0.4, 0.5) is 0 Å². The Hall–Kier alpha value is -1.33. The molecule has 1 aromatic rings. The largest absolute Gasteiger partial charge is 0.393 e. The Bertz CT molecular complexity index is 355. The predicted molar refractivity (Wildman–Crippen MR) is 63.0 cm³/mol. The molecule has 5 heteroatoms. The van der Waals surface area contributed by atoms with Gasteiger partial charge in [0.15, 0.2) is 0 Å². The summed E-state index contributed by atoms with van der Waals surface area (Å²) in [5.74, 6) is 6.99. The molecule has 1 saturated carbocycles. The number of nitrogens with zero attached hydrogens (tertiary/aromatic N) is 2. The summed E-state index contributed by atoms with van der Waals surface area (Å²) < 4.78 is 1.48. The summed E-state index contributed by atoms with van der Waals surface area (Å²) in [4.78, 5) is 4.08. The number of aliphatic hydroxyl groups excluding tert-OH is 1. The molecule has 0 atom stereocenters. The average molecular weight is 222 g/mol. The Balaban J connectivity index is 1.61. The fourth-order valence-electron chi connectivity index (χ4n) is 1.86. The van der Waals surface area contributed by atoms with Crippen LogP contribution in [0.25, 0.3) is 6.08 Å². The van der Waals surface area contributed by atoms with Gasteiger partial charge < -0.3 is 16.3 Å². The lowest BCUT2D eigenvalue weighted by atomic mass is 9.82. The predicted octanol–water partition coefficient (Wildman–Crippen LogP) is -0.0294. The molecule has 1 aromatic heterocycles. The molecule has 1 heterocycles. The van der Waals surface area contributed by atoms with Gasteiger partial charge in [-0.2, -0.15) is 0 Å². The lowest BCUT2D eigenvalue weighted by Gasteiger charge is -2.31. The first-order chi connectivity index (χ1) is 7.75. The maximum atomic E-state index is 9.11. The quantitative estimate of drug-likeness (QED) is 0.483. The summed E-state index contributed by atoms with van der Waals surface area (Å²) in [7, 11) is 0. The van der Waals surface area contributed by atoms with E-state index in [-0.39, 0.29) is 6.10 Å². The molecule has 0 bridgehead atoms. The molecule has 0 unspecified atom stereocenters. The zero-order valence-corrected chi connectivity index (χ0v) is 9.21. The van der Waals surface area contributed by atoms with Crippen molar-refractivity contribution in [2.45, 2.75) is 18.9 Å². The van der Waals surface area contributed by atoms with Gasteiger partial charge in [-0.15, -0.1) is 0 Å². The average Bonchev–Trinajstić information content (AvgIpc) is 2.61. The van der Waals surface area contributed by atoms with Gasteiger partial charge in [0, 0.05) is 18.9 Å². The van der Waals surface area contributed by atoms with Crippen LogP contribution in [-0.2, 0) is 0 Å². The van der Waals surface area contributed by atoms with Crippen LogP contribution < -0.4 is 11.2 Å². The van der Waals surface area contributed by atoms with Gasteiger partial charge in [0.2, 0.25) is 0 Å². The van der Waals surface area contributed by atoms with Crippen molar-refractivity contribution in [1.29, 1.82) is 0 Å². The number of nitrogens with two attached hydrogens (primary N) is 1. The Kier molecular flexibility index (Phi) is 3.58. The molecule has 0 saturated heterocycles. The van der Waals surface area contributed by atoms with E-state index in [0.29, 0.717) is 5.92 Å². The van der Waals surface area contributed by atoms with E-state index in [0.717, 1.165) is 31.8 Å². The van der Waals surface area contributed by atoms with E-state index < -0.39 is 0 Å². The minimum Gasteiger partial charge on any atom is -0.393 e. The van der Waals surface area contributed by atoms with Crippen LogP contribution in [0.5, 0.6) is 0 Å². The molecule has 0 aliphatic heterocycles. The first-order valence-electron chi connectivity index (χ1n) is 5.59. The Morgan fingerprint density at radius 2 is 2.44 bits per heavy atom. The second-order valence-corrected chi connectivity index (χ2v) is 4.24. The van der Waals surface area contributed by atoms with E-state index in [9.17, 15) is 0 Å². The lowest BCUT2D eigenvalue weighted by molar-refractivity contribution is 0.0435. The van der Waals surface area contributed by atoms with Crippen molar-refractivity contribution in [3.63, 3.8) is 0 Å². The molecule has 5 nitrogen and oxygen atoms in total. The van der Waals surface area contributed by atoms with Crippen LogP contribution in [0.1, 0.15) is 18.7 Å². The Labute approximate surface area is 94.9 Å². The third-order valence-corrected chi connectivity index (χ3v) is 2.87. The number of aromatic nitrogens is 2. The third-order valence-electron chi connectivity index (χ3n) is 2.87. The molecule has 1 aliphatic carbocycles. The highest BCUT2D eigenvalue weighted by Crippen LogP contribution is 2.25. The monoisotopic (exact) mass is 222 g/mol. The first kappa shape index (κ1) is 11.2. The molecule has 88 valence electrons. The number of nitrogen functional groups attached to an aromatic ring is 1. The highest BCUT2D eigenvalue weighted by molar-refractivity contribution is 5.40. The fourth-order valence-corrected chi connectivity index (χ4v) is 1.86. The minimum absolute atomic E-state index is 0.0629. The highest BCUT2D eigenvalue weighted by atomic mass is 16.3. The van der Waals surface area contributed by atoms with E-state index in [2.05, 4.69) is 10.3 Å². The summed E-state index contributed by atoms with van der Waals surface area (Å²) in [6, 6.07) is 0. The molecule has 0 amide bonds. The zero-order valence-electron chi connectivity index (χ0n) is 9.21. The van der Waals surface area contributed by atoms with Gasteiger partial charge in [-0.25, -0.2) is 4.98 Å². The highest BCUT2D eigenvalue weighted by Gasteiger charge is 2.25. The van der Waals surface area contributed by atoms with E-state index in [1.54, 1.807) is 12.4 Å². The lowest BCUT2D eigenvalue weighted by Crippen LogP contribution is -2.36. The van der Waals surface area contributed by atoms with Gasteiger partial charge in [-0.3, -0.25) is 4.68 Å². The van der Waals surface area contributed by atoms with Crippen molar-refractivity contribution < 1.29 is 5.11 Å². The van der Waals surface area contributed by atoms with Crippen LogP contribution >= 0.6 is 0 Å². The van der Waals surface area contributed by atoms with E-state index in [4.69, 9.17) is 10.9 Å². The SMILES string of the molecule is Nn1ccnc1/C=C\CNCC1CC(O)C1. The van der Waals surface area contributed by atoms with Crippen molar-refractivity contribution in [3.8, 4) is 0 Å². The maximum absolute atomic E-state index is 9.11. The first-order valence-corrected chi connectivity index (χ1v) is 5.59. The van der Waals surface area contributed by atoms with Crippen molar-refractivity contribution >= 4 is 6.08 Å². The number of nitrogens with one attached hydrogen (secondary N) is 1. The summed E-state index contributed by atoms with van der Waals surface area (Å²) in [5.41, 5.74) is 0. The molecular weight excluding hydrogens is 204 g/mol. The van der Waals surface area contributed by atoms with E-state index in [1.807, 2.05) is 12.2 Å². The van der Waals surface area contributed by atoms with Gasteiger partial charge in [-0.05, 0) is 31.4 Å². The second kappa shape index (κ2) is 5.14. The Morgan fingerprint density at radius 1 is 1.62 bits per heavy atom. The standard InChI is InChI=1S/C11H18N4O/c12-15-5-4-14-11(15)2-1-3-13-8-9-6-10(16)7-9/h1-2,4-5,9-10,13,16H,3,6-8,12H2/b2-1-. The van der Waals surface area contributed by atoms with Crippen LogP contribution in [0.3, 0.4) is 0 Å². The zero-order chi connectivity index (χ0) is 11.4. The summed E-state index contributed by atoms with van der Waals surface area (Å²) in [5, 5.41) is 12.4. The molecule has 1 fully saturated rings. The van der Waals surface area contributed by atoms with Crippen LogP contribution in [-0.4, -0.2) is 34.0 Å². The topological polar surface area (TPSA) is 76.1 Å². The molecule has 0 spiro atoms. The number of aliphatic hydroxyl groups is 1.